The van der Waals surface area contributed by atoms with Crippen LogP contribution in [0.5, 0.6) is 5.75 Å². The topological polar surface area (TPSA) is 9.23 Å². The lowest BCUT2D eigenvalue weighted by atomic mass is 9.68. The molecule has 204 valence electrons. The minimum absolute atomic E-state index is 0.313. The molecule has 37 heavy (non-hydrogen) atoms. The molecule has 1 nitrogen and oxygen atoms in total. The first kappa shape index (κ1) is 27.9. The fourth-order valence-corrected chi connectivity index (χ4v) is 6.46. The molecule has 0 radical (unpaired) electrons. The van der Waals surface area contributed by atoms with Gasteiger partial charge in [0.1, 0.15) is 5.75 Å². The van der Waals surface area contributed by atoms with Gasteiger partial charge in [-0.2, -0.15) is 22.0 Å². The minimum Gasteiger partial charge on any atom is -0.429 e. The van der Waals surface area contributed by atoms with E-state index in [1.807, 2.05) is 0 Å². The number of benzene rings is 2. The summed E-state index contributed by atoms with van der Waals surface area (Å²) in [6.07, 6.45) is 7.37. The molecule has 2 saturated carbocycles. The summed E-state index contributed by atoms with van der Waals surface area (Å²) >= 11 is 0. The van der Waals surface area contributed by atoms with E-state index >= 15 is 0 Å². The maximum absolute atomic E-state index is 14.6. The van der Waals surface area contributed by atoms with Crippen molar-refractivity contribution >= 4 is 0 Å². The monoisotopic (exact) mass is 522 g/mol. The fourth-order valence-electron chi connectivity index (χ4n) is 6.46. The molecule has 0 saturated heterocycles. The predicted octanol–water partition coefficient (Wildman–Crippen LogP) is 10.2. The molecule has 0 aliphatic heterocycles. The maximum atomic E-state index is 14.6. The molecule has 2 fully saturated rings. The largest absolute Gasteiger partial charge is 0.429 e. The van der Waals surface area contributed by atoms with Crippen molar-refractivity contribution in [2.45, 2.75) is 96.3 Å². The van der Waals surface area contributed by atoms with E-state index in [1.165, 1.54) is 76.3 Å². The van der Waals surface area contributed by atoms with E-state index < -0.39 is 17.8 Å². The van der Waals surface area contributed by atoms with Crippen LogP contribution in [0.25, 0.3) is 0 Å². The van der Waals surface area contributed by atoms with Crippen molar-refractivity contribution in [1.29, 1.82) is 0 Å². The highest BCUT2D eigenvalue weighted by Crippen LogP contribution is 2.43. The van der Waals surface area contributed by atoms with Crippen LogP contribution in [0.15, 0.2) is 48.5 Å². The molecular weight excluding hydrogens is 483 g/mol. The molecule has 2 aromatic carbocycles. The Bertz CT molecular complexity index is 951. The molecule has 6 heteroatoms. The Morgan fingerprint density at radius 2 is 1.14 bits per heavy atom. The molecule has 0 unspecified atom stereocenters. The van der Waals surface area contributed by atoms with E-state index in [0.717, 1.165) is 60.4 Å². The van der Waals surface area contributed by atoms with E-state index in [9.17, 15) is 22.0 Å². The van der Waals surface area contributed by atoms with Gasteiger partial charge in [-0.3, -0.25) is 0 Å². The smallest absolute Gasteiger partial charge is 0.426 e. The number of alkyl halides is 5. The Kier molecular flexibility index (Phi) is 9.18. The molecule has 0 atom stereocenters. The summed E-state index contributed by atoms with van der Waals surface area (Å²) in [5, 5.41) is 0. The van der Waals surface area contributed by atoms with E-state index in [1.54, 1.807) is 12.1 Å². The summed E-state index contributed by atoms with van der Waals surface area (Å²) in [6.45, 7) is 2.29. The average molecular weight is 523 g/mol. The Balaban J connectivity index is 1.21. The summed E-state index contributed by atoms with van der Waals surface area (Å²) < 4.78 is 72.0. The molecule has 0 N–H and O–H groups in total. The molecule has 2 aliphatic carbocycles. The van der Waals surface area contributed by atoms with Crippen LogP contribution in [0.3, 0.4) is 0 Å². The lowest BCUT2D eigenvalue weighted by Gasteiger charge is -2.38. The van der Waals surface area contributed by atoms with Crippen LogP contribution in [-0.2, 0) is 18.7 Å². The van der Waals surface area contributed by atoms with Crippen LogP contribution in [0, 0.1) is 23.7 Å². The molecule has 4 rings (SSSR count). The number of aryl methyl sites for hydroxylation is 1. The van der Waals surface area contributed by atoms with Crippen molar-refractivity contribution in [3.8, 4) is 5.75 Å². The maximum Gasteiger partial charge on any atom is 0.426 e. The summed E-state index contributed by atoms with van der Waals surface area (Å²) in [5.74, 6) is 3.17. The van der Waals surface area contributed by atoms with Crippen LogP contribution >= 0.6 is 0 Å². The van der Waals surface area contributed by atoms with Crippen molar-refractivity contribution in [2.24, 2.45) is 23.7 Å². The van der Waals surface area contributed by atoms with Gasteiger partial charge < -0.3 is 4.74 Å². The van der Waals surface area contributed by atoms with Crippen LogP contribution in [-0.4, -0.2) is 0 Å². The van der Waals surface area contributed by atoms with Crippen LogP contribution < -0.4 is 4.74 Å². The quantitative estimate of drug-likeness (QED) is 0.298. The lowest BCUT2D eigenvalue weighted by molar-refractivity contribution is -0.185. The zero-order valence-electron chi connectivity index (χ0n) is 21.7. The normalized spacial score (nSPS) is 25.1. The number of hydrogen-bond acceptors (Lipinski definition) is 1. The van der Waals surface area contributed by atoms with Crippen molar-refractivity contribution < 1.29 is 26.7 Å². The van der Waals surface area contributed by atoms with Crippen molar-refractivity contribution in [3.05, 3.63) is 65.2 Å². The third-order valence-corrected chi connectivity index (χ3v) is 8.71. The van der Waals surface area contributed by atoms with Crippen LogP contribution in [0.2, 0.25) is 0 Å². The van der Waals surface area contributed by atoms with E-state index in [0.29, 0.717) is 5.92 Å². The fraction of sp³-hybridized carbons (Fsp3) is 0.613. The molecule has 0 amide bonds. The second kappa shape index (κ2) is 12.2. The van der Waals surface area contributed by atoms with Gasteiger partial charge in [0.15, 0.2) is 0 Å². The van der Waals surface area contributed by atoms with Gasteiger partial charge >= 0.3 is 12.3 Å². The molecular formula is C31H39F5O. The average Bonchev–Trinajstić information content (AvgIpc) is 2.88. The number of ether oxygens (including phenoxy) is 1. The van der Waals surface area contributed by atoms with Crippen molar-refractivity contribution in [1.82, 2.24) is 0 Å². The van der Waals surface area contributed by atoms with Gasteiger partial charge in [0.2, 0.25) is 0 Å². The summed E-state index contributed by atoms with van der Waals surface area (Å²) in [7, 11) is 0. The standard InChI is InChI=1S/C31H39F5O/c1-2-3-22-6-12-25(13-7-22)26-14-8-23(9-15-26)4-5-24-10-16-28(17-11-24)31(35,36)37-29-20-18-27(19-21-29)30(32,33)34/h10-11,16-23,25-26H,2-9,12-15H2,1H3/t22-,23-,25-,26-. The van der Waals surface area contributed by atoms with Gasteiger partial charge in [-0.25, -0.2) is 0 Å². The third kappa shape index (κ3) is 7.70. The summed E-state index contributed by atoms with van der Waals surface area (Å²) in [5.41, 5.74) is -0.202. The first-order valence-electron chi connectivity index (χ1n) is 14.0. The van der Waals surface area contributed by atoms with Crippen LogP contribution in [0.4, 0.5) is 22.0 Å². The SMILES string of the molecule is CCC[C@H]1CC[C@H]([C@H]2CC[C@H](CCc3ccc(C(F)(F)Oc4ccc(C(F)(F)F)cc4)cc3)CC2)CC1. The van der Waals surface area contributed by atoms with E-state index in [-0.39, 0.29) is 11.3 Å². The van der Waals surface area contributed by atoms with E-state index in [2.05, 4.69) is 6.92 Å². The first-order chi connectivity index (χ1) is 17.6. The summed E-state index contributed by atoms with van der Waals surface area (Å²) in [6, 6.07) is 9.42. The van der Waals surface area contributed by atoms with Crippen molar-refractivity contribution in [2.75, 3.05) is 0 Å². The second-order valence-electron chi connectivity index (χ2n) is 11.2. The Morgan fingerprint density at radius 1 is 0.649 bits per heavy atom. The molecule has 2 aromatic rings. The molecule has 0 spiro atoms. The molecule has 0 aromatic heterocycles. The van der Waals surface area contributed by atoms with Crippen molar-refractivity contribution in [3.63, 3.8) is 0 Å². The van der Waals surface area contributed by atoms with Gasteiger partial charge in [0.25, 0.3) is 0 Å². The highest BCUT2D eigenvalue weighted by atomic mass is 19.4. The zero-order valence-corrected chi connectivity index (χ0v) is 21.7. The number of rotatable bonds is 9. The minimum atomic E-state index is -4.52. The second-order valence-corrected chi connectivity index (χ2v) is 11.2. The Morgan fingerprint density at radius 3 is 1.62 bits per heavy atom. The first-order valence-corrected chi connectivity index (χ1v) is 14.0. The van der Waals surface area contributed by atoms with Gasteiger partial charge in [0.05, 0.1) is 11.1 Å². The highest BCUT2D eigenvalue weighted by Gasteiger charge is 2.36. The van der Waals surface area contributed by atoms with Crippen LogP contribution in [0.1, 0.15) is 94.2 Å². The van der Waals surface area contributed by atoms with Gasteiger partial charge in [0, 0.05) is 0 Å². The third-order valence-electron chi connectivity index (χ3n) is 8.71. The summed E-state index contributed by atoms with van der Waals surface area (Å²) in [4.78, 5) is 0. The highest BCUT2D eigenvalue weighted by molar-refractivity contribution is 5.31. The number of halogens is 5. The van der Waals surface area contributed by atoms with E-state index in [4.69, 9.17) is 4.74 Å². The molecule has 0 bridgehead atoms. The lowest BCUT2D eigenvalue weighted by Crippen LogP contribution is -2.26. The van der Waals surface area contributed by atoms with Gasteiger partial charge in [-0.1, -0.05) is 57.6 Å². The van der Waals surface area contributed by atoms with Gasteiger partial charge in [-0.15, -0.1) is 0 Å². The Labute approximate surface area is 217 Å². The number of hydrogen-bond donors (Lipinski definition) is 0. The molecule has 2 aliphatic rings. The predicted molar refractivity (Wildman–Crippen MR) is 137 cm³/mol. The zero-order chi connectivity index (χ0) is 26.5. The Hall–Kier alpha value is -2.11. The van der Waals surface area contributed by atoms with Gasteiger partial charge in [-0.05, 0) is 104 Å². The molecule has 0 heterocycles.